The van der Waals surface area contributed by atoms with Crippen molar-refractivity contribution in [1.82, 2.24) is 20.5 Å². The lowest BCUT2D eigenvalue weighted by molar-refractivity contribution is 0.611. The van der Waals surface area contributed by atoms with Gasteiger partial charge in [-0.3, -0.25) is 0 Å². The lowest BCUT2D eigenvalue weighted by Crippen LogP contribution is -2.18. The Morgan fingerprint density at radius 1 is 1.33 bits per heavy atom. The van der Waals surface area contributed by atoms with E-state index in [-0.39, 0.29) is 0 Å². The van der Waals surface area contributed by atoms with Crippen LogP contribution in [-0.2, 0) is 0 Å². The average Bonchev–Trinajstić information content (AvgIpc) is 2.73. The summed E-state index contributed by atoms with van der Waals surface area (Å²) in [6.45, 7) is 7.01. The normalized spacial score (nSPS) is 20.5. The molecule has 1 aromatic heterocycles. The first kappa shape index (κ1) is 10.3. The van der Waals surface area contributed by atoms with E-state index in [2.05, 4.69) is 25.8 Å². The van der Waals surface area contributed by atoms with E-state index >= 15 is 0 Å². The first-order chi connectivity index (χ1) is 7.25. The van der Waals surface area contributed by atoms with E-state index in [0.717, 1.165) is 31.0 Å². The van der Waals surface area contributed by atoms with E-state index in [9.17, 15) is 0 Å². The molecule has 82 valence electrons. The highest BCUT2D eigenvalue weighted by Crippen LogP contribution is 2.08. The van der Waals surface area contributed by atoms with E-state index in [1.807, 2.05) is 13.8 Å². The van der Waals surface area contributed by atoms with E-state index in [1.165, 1.54) is 6.42 Å². The highest BCUT2D eigenvalue weighted by molar-refractivity contribution is 5.24. The molecule has 0 radical (unpaired) electrons. The second kappa shape index (κ2) is 4.53. The van der Waals surface area contributed by atoms with Gasteiger partial charge >= 0.3 is 0 Å². The minimum atomic E-state index is 0.644. The van der Waals surface area contributed by atoms with Gasteiger partial charge in [-0.15, -0.1) is 5.10 Å². The molecule has 5 nitrogen and oxygen atoms in total. The number of rotatable bonds is 3. The molecule has 1 aliphatic heterocycles. The molecule has 2 rings (SSSR count). The molecule has 0 aromatic carbocycles. The fourth-order valence-electron chi connectivity index (χ4n) is 1.66. The van der Waals surface area contributed by atoms with Crippen LogP contribution in [0.25, 0.3) is 0 Å². The summed E-state index contributed by atoms with van der Waals surface area (Å²) in [6.07, 6.45) is 1.23. The van der Waals surface area contributed by atoms with Crippen LogP contribution in [0.4, 0.5) is 5.95 Å². The molecule has 2 N–H and O–H groups in total. The molecule has 5 heteroatoms. The van der Waals surface area contributed by atoms with Crippen molar-refractivity contribution in [2.24, 2.45) is 5.92 Å². The topological polar surface area (TPSA) is 62.7 Å². The molecule has 1 unspecified atom stereocenters. The summed E-state index contributed by atoms with van der Waals surface area (Å²) in [5.41, 5.74) is 1.83. The Labute approximate surface area is 89.7 Å². The summed E-state index contributed by atoms with van der Waals surface area (Å²) in [6, 6.07) is 0. The quantitative estimate of drug-likeness (QED) is 0.756. The standard InChI is InChI=1S/C10H17N5/c1-7-8(2)14-15-10(13-7)12-6-9-3-4-11-5-9/h9,11H,3-6H2,1-2H3,(H,12,13,15). The average molecular weight is 207 g/mol. The van der Waals surface area contributed by atoms with Gasteiger partial charge in [-0.25, -0.2) is 4.98 Å². The molecule has 1 aliphatic rings. The summed E-state index contributed by atoms with van der Waals surface area (Å²) in [5.74, 6) is 1.33. The highest BCUT2D eigenvalue weighted by atomic mass is 15.2. The maximum absolute atomic E-state index is 4.33. The fourth-order valence-corrected chi connectivity index (χ4v) is 1.66. The molecular formula is C10H17N5. The molecular weight excluding hydrogens is 190 g/mol. The summed E-state index contributed by atoms with van der Waals surface area (Å²) >= 11 is 0. The Hall–Kier alpha value is -1.23. The van der Waals surface area contributed by atoms with E-state index in [0.29, 0.717) is 11.9 Å². The zero-order valence-electron chi connectivity index (χ0n) is 9.25. The minimum absolute atomic E-state index is 0.644. The molecule has 1 atom stereocenters. The van der Waals surface area contributed by atoms with Crippen molar-refractivity contribution in [3.8, 4) is 0 Å². The van der Waals surface area contributed by atoms with Gasteiger partial charge in [0.15, 0.2) is 0 Å². The Morgan fingerprint density at radius 2 is 2.20 bits per heavy atom. The van der Waals surface area contributed by atoms with E-state index in [1.54, 1.807) is 0 Å². The lowest BCUT2D eigenvalue weighted by atomic mass is 10.1. The third-order valence-corrected chi connectivity index (χ3v) is 2.80. The Bertz CT molecular complexity index is 333. The van der Waals surface area contributed by atoms with E-state index in [4.69, 9.17) is 0 Å². The minimum Gasteiger partial charge on any atom is -0.353 e. The second-order valence-electron chi connectivity index (χ2n) is 4.05. The monoisotopic (exact) mass is 207 g/mol. The van der Waals surface area contributed by atoms with Crippen LogP contribution in [0.1, 0.15) is 17.8 Å². The molecule has 15 heavy (non-hydrogen) atoms. The van der Waals surface area contributed by atoms with Crippen molar-refractivity contribution in [2.75, 3.05) is 25.0 Å². The third-order valence-electron chi connectivity index (χ3n) is 2.80. The second-order valence-corrected chi connectivity index (χ2v) is 4.05. The summed E-state index contributed by atoms with van der Waals surface area (Å²) < 4.78 is 0. The van der Waals surface area contributed by atoms with Gasteiger partial charge in [0.2, 0.25) is 5.95 Å². The smallest absolute Gasteiger partial charge is 0.242 e. The number of nitrogens with zero attached hydrogens (tertiary/aromatic N) is 3. The van der Waals surface area contributed by atoms with Crippen LogP contribution in [0.2, 0.25) is 0 Å². The van der Waals surface area contributed by atoms with Crippen LogP contribution in [0.3, 0.4) is 0 Å². The summed E-state index contributed by atoms with van der Waals surface area (Å²) in [7, 11) is 0. The van der Waals surface area contributed by atoms with Crippen LogP contribution < -0.4 is 10.6 Å². The number of anilines is 1. The SMILES string of the molecule is Cc1nnc(NCC2CCNC2)nc1C. The van der Waals surface area contributed by atoms with Crippen molar-refractivity contribution in [2.45, 2.75) is 20.3 Å². The Balaban J connectivity index is 1.90. The number of hydrogen-bond donors (Lipinski definition) is 2. The maximum Gasteiger partial charge on any atom is 0.242 e. The van der Waals surface area contributed by atoms with Crippen molar-refractivity contribution in [1.29, 1.82) is 0 Å². The highest BCUT2D eigenvalue weighted by Gasteiger charge is 2.14. The Morgan fingerprint density at radius 3 is 2.87 bits per heavy atom. The van der Waals surface area contributed by atoms with Crippen LogP contribution in [0.5, 0.6) is 0 Å². The first-order valence-electron chi connectivity index (χ1n) is 5.38. The van der Waals surface area contributed by atoms with Gasteiger partial charge < -0.3 is 10.6 Å². The fraction of sp³-hybridized carbons (Fsp3) is 0.700. The first-order valence-corrected chi connectivity index (χ1v) is 5.38. The summed E-state index contributed by atoms with van der Waals surface area (Å²) in [4.78, 5) is 4.33. The van der Waals surface area contributed by atoms with Crippen molar-refractivity contribution >= 4 is 5.95 Å². The molecule has 1 saturated heterocycles. The number of nitrogens with one attached hydrogen (secondary N) is 2. The number of aryl methyl sites for hydroxylation is 2. The Kier molecular flexibility index (Phi) is 3.11. The van der Waals surface area contributed by atoms with Crippen molar-refractivity contribution in [3.63, 3.8) is 0 Å². The number of hydrogen-bond acceptors (Lipinski definition) is 5. The predicted octanol–water partition coefficient (Wildman–Crippen LogP) is 0.510. The zero-order valence-corrected chi connectivity index (χ0v) is 9.25. The van der Waals surface area contributed by atoms with Gasteiger partial charge in [0.05, 0.1) is 11.4 Å². The van der Waals surface area contributed by atoms with Gasteiger partial charge in [0, 0.05) is 6.54 Å². The third kappa shape index (κ3) is 2.62. The van der Waals surface area contributed by atoms with Crippen LogP contribution in [0.15, 0.2) is 0 Å². The van der Waals surface area contributed by atoms with Crippen LogP contribution in [0, 0.1) is 19.8 Å². The van der Waals surface area contributed by atoms with Gasteiger partial charge in [-0.2, -0.15) is 5.10 Å². The molecule has 0 saturated carbocycles. The van der Waals surface area contributed by atoms with Crippen molar-refractivity contribution in [3.05, 3.63) is 11.4 Å². The molecule has 1 fully saturated rings. The van der Waals surface area contributed by atoms with Gasteiger partial charge in [0.1, 0.15) is 0 Å². The molecule has 1 aromatic rings. The van der Waals surface area contributed by atoms with Crippen LogP contribution in [-0.4, -0.2) is 34.8 Å². The van der Waals surface area contributed by atoms with Gasteiger partial charge in [0.25, 0.3) is 0 Å². The largest absolute Gasteiger partial charge is 0.353 e. The molecule has 0 aliphatic carbocycles. The van der Waals surface area contributed by atoms with Gasteiger partial charge in [-0.05, 0) is 39.3 Å². The van der Waals surface area contributed by atoms with Gasteiger partial charge in [-0.1, -0.05) is 0 Å². The lowest BCUT2D eigenvalue weighted by Gasteiger charge is -2.09. The summed E-state index contributed by atoms with van der Waals surface area (Å²) in [5, 5.41) is 14.6. The molecule has 0 spiro atoms. The van der Waals surface area contributed by atoms with Crippen molar-refractivity contribution < 1.29 is 0 Å². The zero-order chi connectivity index (χ0) is 10.7. The number of aromatic nitrogens is 3. The maximum atomic E-state index is 4.33. The predicted molar refractivity (Wildman–Crippen MR) is 58.8 cm³/mol. The molecule has 2 heterocycles. The van der Waals surface area contributed by atoms with Crippen LogP contribution >= 0.6 is 0 Å². The molecule has 0 amide bonds. The van der Waals surface area contributed by atoms with E-state index < -0.39 is 0 Å². The molecule has 0 bridgehead atoms.